The zero-order chi connectivity index (χ0) is 14.2. The molecule has 0 bridgehead atoms. The maximum atomic E-state index is 7.51. The number of allylic oxidation sites excluding steroid dienone is 1. The van der Waals surface area contributed by atoms with Crippen LogP contribution in [0.25, 0.3) is 0 Å². The van der Waals surface area contributed by atoms with E-state index in [1.54, 1.807) is 6.07 Å². The van der Waals surface area contributed by atoms with Crippen molar-refractivity contribution in [2.75, 3.05) is 0 Å². The van der Waals surface area contributed by atoms with Gasteiger partial charge in [0.05, 0.1) is 6.07 Å². The summed E-state index contributed by atoms with van der Waals surface area (Å²) in [4.78, 5) is 0. The number of nitriles is 1. The topological polar surface area (TPSA) is 23.8 Å². The Bertz CT molecular complexity index is 205. The van der Waals surface area contributed by atoms with Crippen molar-refractivity contribution < 1.29 is 0 Å². The molecule has 0 N–H and O–H groups in total. The largest absolute Gasteiger partial charge is 0.266 e. The minimum atomic E-state index is -1.61. The summed E-state index contributed by atoms with van der Waals surface area (Å²) in [5, 5.41) is 7.51. The van der Waals surface area contributed by atoms with Gasteiger partial charge in [0, 0.05) is 10.4 Å². The first-order valence-corrected chi connectivity index (χ1v) is 6.38. The lowest BCUT2D eigenvalue weighted by Crippen LogP contribution is -1.81. The number of rotatable bonds is 0. The summed E-state index contributed by atoms with van der Waals surface area (Å²) in [6.07, 6.45) is 1.18. The number of thiocarbonyl (C=S) groups is 2. The van der Waals surface area contributed by atoms with E-state index in [-0.39, 0.29) is 0 Å². The third kappa shape index (κ3) is 528. The van der Waals surface area contributed by atoms with Gasteiger partial charge in [0.15, 0.2) is 4.30 Å². The molecule has 1 nitrogen and oxygen atoms in total. The number of halogens is 7. The van der Waals surface area contributed by atoms with Crippen LogP contribution in [0.2, 0.25) is 0 Å². The molecule has 0 rings (SSSR count). The molecule has 0 aromatic carbocycles. The summed E-state index contributed by atoms with van der Waals surface area (Å²) in [5.41, 5.74) is 0. The van der Waals surface area contributed by atoms with Gasteiger partial charge >= 0.3 is 0 Å². The highest BCUT2D eigenvalue weighted by molar-refractivity contribution is 7.93. The Hall–Kier alpha value is 1.48. The van der Waals surface area contributed by atoms with Crippen molar-refractivity contribution in [3.05, 3.63) is 12.7 Å². The third-order valence-corrected chi connectivity index (χ3v) is 0.0913. The number of nitrogens with zero attached hydrogens (tertiary/aromatic N) is 1. The molecule has 0 amide bonds. The third-order valence-electron chi connectivity index (χ3n) is 0.0913. The van der Waals surface area contributed by atoms with E-state index in [2.05, 4.69) is 31.0 Å². The van der Waals surface area contributed by atoms with Crippen LogP contribution < -0.4 is 0 Å². The molecular formula is C6H4Cl7NS2. The van der Waals surface area contributed by atoms with E-state index >= 15 is 0 Å². The first kappa shape index (κ1) is 26.1. The van der Waals surface area contributed by atoms with Gasteiger partial charge in [-0.1, -0.05) is 87.8 Å². The van der Waals surface area contributed by atoms with Gasteiger partial charge in [0.2, 0.25) is 0 Å². The van der Waals surface area contributed by atoms with Crippen molar-refractivity contribution in [2.24, 2.45) is 0 Å². The zero-order valence-corrected chi connectivity index (χ0v) is 14.2. The van der Waals surface area contributed by atoms with Gasteiger partial charge in [-0.25, -0.2) is 0 Å². The predicted octanol–water partition coefficient (Wildman–Crippen LogP) is 6.25. The average molecular weight is 402 g/mol. The van der Waals surface area contributed by atoms with E-state index in [1.165, 1.54) is 6.08 Å². The van der Waals surface area contributed by atoms with Crippen LogP contribution in [0, 0.1) is 11.3 Å². The van der Waals surface area contributed by atoms with Crippen LogP contribution >= 0.6 is 106 Å². The van der Waals surface area contributed by atoms with Crippen molar-refractivity contribution in [3.63, 3.8) is 0 Å². The molecule has 0 heterocycles. The van der Waals surface area contributed by atoms with Gasteiger partial charge in [0.25, 0.3) is 3.25 Å². The average Bonchev–Trinajstić information content (AvgIpc) is 2.01. The Morgan fingerprint density at radius 1 is 1.12 bits per heavy atom. The van der Waals surface area contributed by atoms with E-state index in [4.69, 9.17) is 86.5 Å². The first-order chi connectivity index (χ1) is 7.06. The molecule has 0 saturated heterocycles. The maximum Gasteiger partial charge on any atom is 0.266 e. The smallest absolute Gasteiger partial charge is 0.193 e. The minimum absolute atomic E-state index is 0.750. The van der Waals surface area contributed by atoms with Crippen molar-refractivity contribution in [3.8, 4) is 6.07 Å². The summed E-state index contributed by atoms with van der Waals surface area (Å²) in [7, 11) is 0. The second-order valence-corrected chi connectivity index (χ2v) is 7.17. The van der Waals surface area contributed by atoms with E-state index in [0.717, 1.165) is 0 Å². The summed E-state index contributed by atoms with van der Waals surface area (Å²) in [6, 6.07) is 1.69. The normalized spacial score (nSPS) is 7.44. The van der Waals surface area contributed by atoms with E-state index < -0.39 is 7.55 Å². The minimum Gasteiger partial charge on any atom is -0.193 e. The van der Waals surface area contributed by atoms with Crippen molar-refractivity contribution in [1.29, 1.82) is 5.26 Å². The Balaban J connectivity index is -0.0000000610. The molecule has 0 atom stereocenters. The molecule has 94 valence electrons. The van der Waals surface area contributed by atoms with E-state index in [0.29, 0.717) is 0 Å². The number of alkyl halides is 7. The highest BCUT2D eigenvalue weighted by Gasteiger charge is 2.11. The predicted molar refractivity (Wildman–Crippen MR) is 83.5 cm³/mol. The van der Waals surface area contributed by atoms with Gasteiger partial charge in [-0.15, -0.1) is 0 Å². The van der Waals surface area contributed by atoms with Gasteiger partial charge in [-0.05, 0) is 24.4 Å². The second-order valence-electron chi connectivity index (χ2n) is 1.09. The molecule has 0 aliphatic carbocycles. The molecule has 16 heavy (non-hydrogen) atoms. The monoisotopic (exact) mass is 399 g/mol. The summed E-state index contributed by atoms with van der Waals surface area (Å²) >= 11 is 41.6. The Labute approximate surface area is 140 Å². The van der Waals surface area contributed by atoms with Crippen LogP contribution in [0.15, 0.2) is 12.7 Å². The van der Waals surface area contributed by atoms with Crippen molar-refractivity contribution in [2.45, 2.75) is 7.55 Å². The zero-order valence-electron chi connectivity index (χ0n) is 7.27. The summed E-state index contributed by atoms with van der Waals surface area (Å²) in [6.45, 7) is 3.12. The number of hydrogen-bond donors (Lipinski definition) is 0. The molecule has 0 aromatic heterocycles. The highest BCUT2D eigenvalue weighted by atomic mass is 35.6. The van der Waals surface area contributed by atoms with Crippen LogP contribution in [0.5, 0.6) is 0 Å². The summed E-state index contributed by atoms with van der Waals surface area (Å²) in [5.74, 6) is 0. The molecular weight excluding hydrogens is 398 g/mol. The molecule has 0 radical (unpaired) electrons. The lowest BCUT2D eigenvalue weighted by molar-refractivity contribution is 1.54. The molecule has 0 spiro atoms. The van der Waals surface area contributed by atoms with Crippen LogP contribution in [0.4, 0.5) is 0 Å². The molecule has 0 aromatic rings. The molecule has 0 fully saturated rings. The fourth-order valence-electron chi connectivity index (χ4n) is 0. The standard InChI is InChI=1S/C3H3N.CCl4.CHCl3.CS2/c1-2-3-4;2-1(3,4)5;2-1(3)4;2-1-3/h2H,1H2;;1H;. The molecule has 0 saturated carbocycles. The Kier molecular flexibility index (Phi) is 35.5. The van der Waals surface area contributed by atoms with Gasteiger partial charge in [-0.3, -0.25) is 0 Å². The molecule has 0 unspecified atom stereocenters. The fourth-order valence-corrected chi connectivity index (χ4v) is 0. The quantitative estimate of drug-likeness (QED) is 0.272. The molecule has 10 heteroatoms. The number of hydrogen-bond acceptors (Lipinski definition) is 3. The highest BCUT2D eigenvalue weighted by Crippen LogP contribution is 2.29. The lowest BCUT2D eigenvalue weighted by atomic mass is 10.8. The van der Waals surface area contributed by atoms with Crippen LogP contribution in [0.3, 0.4) is 0 Å². The van der Waals surface area contributed by atoms with E-state index in [1.807, 2.05) is 4.31 Å². The van der Waals surface area contributed by atoms with Gasteiger partial charge in [-0.2, -0.15) is 5.26 Å². The van der Waals surface area contributed by atoms with Gasteiger partial charge < -0.3 is 0 Å². The van der Waals surface area contributed by atoms with Crippen LogP contribution in [0.1, 0.15) is 0 Å². The molecule has 0 aliphatic heterocycles. The first-order valence-electron chi connectivity index (χ1n) is 2.74. The lowest BCUT2D eigenvalue weighted by Gasteiger charge is -1.91. The van der Waals surface area contributed by atoms with Crippen LogP contribution in [-0.4, -0.2) is 11.9 Å². The van der Waals surface area contributed by atoms with Crippen molar-refractivity contribution >= 4 is 110 Å². The molecule has 0 aliphatic rings. The van der Waals surface area contributed by atoms with Crippen LogP contribution in [-0.2, 0) is 0 Å². The van der Waals surface area contributed by atoms with E-state index in [9.17, 15) is 0 Å². The van der Waals surface area contributed by atoms with Crippen molar-refractivity contribution in [1.82, 2.24) is 0 Å². The second kappa shape index (κ2) is 21.7. The maximum absolute atomic E-state index is 7.51. The summed E-state index contributed by atoms with van der Waals surface area (Å²) < 4.78 is -0.444. The van der Waals surface area contributed by atoms with Gasteiger partial charge in [0.1, 0.15) is 0 Å². The Morgan fingerprint density at radius 2 is 1.19 bits per heavy atom. The Morgan fingerprint density at radius 3 is 1.19 bits per heavy atom. The fraction of sp³-hybridized carbons (Fsp3) is 0.333. The SMILES string of the molecule is C=CC#N.ClC(Cl)(Cl)Cl.ClC(Cl)Cl.S=C=S.